The van der Waals surface area contributed by atoms with E-state index in [9.17, 15) is 19.7 Å². The molecule has 1 atom stereocenters. The molecule has 0 fully saturated rings. The third kappa shape index (κ3) is 4.49. The number of carbonyl (C=O) groups excluding carboxylic acids is 1. The summed E-state index contributed by atoms with van der Waals surface area (Å²) in [5, 5.41) is 17.5. The van der Waals surface area contributed by atoms with E-state index >= 15 is 0 Å². The first-order valence-corrected chi connectivity index (χ1v) is 8.13. The van der Waals surface area contributed by atoms with Gasteiger partial charge in [0.2, 0.25) is 5.91 Å². The van der Waals surface area contributed by atoms with Crippen LogP contribution >= 0.6 is 11.3 Å². The molecule has 1 amide bonds. The van der Waals surface area contributed by atoms with Crippen molar-refractivity contribution in [2.75, 3.05) is 20.6 Å². The van der Waals surface area contributed by atoms with Crippen molar-refractivity contribution in [3.63, 3.8) is 0 Å². The van der Waals surface area contributed by atoms with E-state index in [4.69, 9.17) is 0 Å². The van der Waals surface area contributed by atoms with Crippen LogP contribution in [-0.4, -0.2) is 40.9 Å². The van der Waals surface area contributed by atoms with Crippen molar-refractivity contribution in [1.82, 2.24) is 14.8 Å². The summed E-state index contributed by atoms with van der Waals surface area (Å²) in [5.74, 6) is -0.375. The number of carbonyl (C=O) groups is 1. The average Bonchev–Trinajstić information content (AvgIpc) is 3.03. The molecule has 2 heterocycles. The van der Waals surface area contributed by atoms with Gasteiger partial charge in [-0.2, -0.15) is 11.3 Å². The molecule has 0 aliphatic heterocycles. The van der Waals surface area contributed by atoms with Gasteiger partial charge in [0.1, 0.15) is 6.54 Å². The number of nitrogens with one attached hydrogen (secondary N) is 1. The van der Waals surface area contributed by atoms with Crippen molar-refractivity contribution in [2.24, 2.45) is 0 Å². The predicted molar refractivity (Wildman–Crippen MR) is 91.1 cm³/mol. The lowest BCUT2D eigenvalue weighted by atomic mass is 10.1. The van der Waals surface area contributed by atoms with E-state index < -0.39 is 10.5 Å². The van der Waals surface area contributed by atoms with Crippen LogP contribution in [0.1, 0.15) is 11.6 Å². The Morgan fingerprint density at radius 3 is 2.75 bits per heavy atom. The maximum absolute atomic E-state index is 12.1. The molecule has 0 radical (unpaired) electrons. The number of aromatic nitrogens is 1. The lowest BCUT2D eigenvalue weighted by molar-refractivity contribution is -0.385. The Labute approximate surface area is 142 Å². The van der Waals surface area contributed by atoms with Crippen LogP contribution in [0.3, 0.4) is 0 Å². The van der Waals surface area contributed by atoms with E-state index in [1.54, 1.807) is 11.3 Å². The maximum atomic E-state index is 12.1. The van der Waals surface area contributed by atoms with Crippen LogP contribution < -0.4 is 10.9 Å². The van der Waals surface area contributed by atoms with Gasteiger partial charge in [-0.3, -0.25) is 24.3 Å². The maximum Gasteiger partial charge on any atom is 0.285 e. The SMILES string of the molecule is CN(C)C(CNC(=O)Cn1cc([N+](=O)[O-])ccc1=O)c1ccsc1. The van der Waals surface area contributed by atoms with E-state index in [1.165, 1.54) is 0 Å². The monoisotopic (exact) mass is 350 g/mol. The van der Waals surface area contributed by atoms with Gasteiger partial charge >= 0.3 is 0 Å². The molecule has 0 saturated heterocycles. The molecule has 9 heteroatoms. The topological polar surface area (TPSA) is 97.5 Å². The summed E-state index contributed by atoms with van der Waals surface area (Å²) in [5.41, 5.74) is 0.405. The van der Waals surface area contributed by atoms with Crippen molar-refractivity contribution in [1.29, 1.82) is 0 Å². The third-order valence-electron chi connectivity index (χ3n) is 3.54. The molecule has 2 aromatic heterocycles. The average molecular weight is 350 g/mol. The number of hydrogen-bond donors (Lipinski definition) is 1. The Balaban J connectivity index is 2.02. The molecule has 2 aromatic rings. The molecule has 0 aromatic carbocycles. The molecular formula is C15H18N4O4S. The lowest BCUT2D eigenvalue weighted by Gasteiger charge is -2.24. The summed E-state index contributed by atoms with van der Waals surface area (Å²) in [4.78, 5) is 35.9. The first-order valence-electron chi connectivity index (χ1n) is 7.18. The van der Waals surface area contributed by atoms with Crippen molar-refractivity contribution in [3.8, 4) is 0 Å². The number of thiophene rings is 1. The van der Waals surface area contributed by atoms with Gasteiger partial charge < -0.3 is 10.2 Å². The fourth-order valence-electron chi connectivity index (χ4n) is 2.23. The van der Waals surface area contributed by atoms with Gasteiger partial charge in [-0.05, 0) is 36.5 Å². The van der Waals surface area contributed by atoms with Gasteiger partial charge in [-0.15, -0.1) is 0 Å². The van der Waals surface area contributed by atoms with Gasteiger partial charge in [0, 0.05) is 18.7 Å². The Hall–Kier alpha value is -2.52. The second-order valence-electron chi connectivity index (χ2n) is 5.45. The van der Waals surface area contributed by atoms with Crippen molar-refractivity contribution >= 4 is 22.9 Å². The van der Waals surface area contributed by atoms with Crippen LogP contribution in [0.2, 0.25) is 0 Å². The first kappa shape index (κ1) is 17.8. The fraction of sp³-hybridized carbons (Fsp3) is 0.333. The standard InChI is InChI=1S/C15H18N4O4S/c1-17(2)13(11-5-6-24-10-11)7-16-14(20)9-18-8-12(19(22)23)3-4-15(18)21/h3-6,8,10,13H,7,9H2,1-2H3,(H,16,20). The van der Waals surface area contributed by atoms with Gasteiger partial charge in [0.15, 0.2) is 0 Å². The number of rotatable bonds is 7. The summed E-state index contributed by atoms with van der Waals surface area (Å²) in [7, 11) is 3.83. The first-order chi connectivity index (χ1) is 11.4. The van der Waals surface area contributed by atoms with Crippen LogP contribution in [0.5, 0.6) is 0 Å². The Morgan fingerprint density at radius 2 is 2.17 bits per heavy atom. The molecule has 0 spiro atoms. The highest BCUT2D eigenvalue weighted by Crippen LogP contribution is 2.19. The van der Waals surface area contributed by atoms with Crippen molar-refractivity contribution in [3.05, 3.63) is 61.2 Å². The number of hydrogen-bond acceptors (Lipinski definition) is 6. The van der Waals surface area contributed by atoms with Crippen LogP contribution in [0.25, 0.3) is 0 Å². The lowest BCUT2D eigenvalue weighted by Crippen LogP contribution is -2.37. The second-order valence-corrected chi connectivity index (χ2v) is 6.23. The normalized spacial score (nSPS) is 12.1. The Morgan fingerprint density at radius 1 is 1.42 bits per heavy atom. The van der Waals surface area contributed by atoms with Crippen molar-refractivity contribution < 1.29 is 9.72 Å². The van der Waals surface area contributed by atoms with Gasteiger partial charge in [0.25, 0.3) is 11.2 Å². The minimum absolute atomic E-state index is 0.0158. The van der Waals surface area contributed by atoms with Crippen LogP contribution in [-0.2, 0) is 11.3 Å². The molecule has 24 heavy (non-hydrogen) atoms. The fourth-order valence-corrected chi connectivity index (χ4v) is 2.94. The molecule has 8 nitrogen and oxygen atoms in total. The minimum atomic E-state index is -0.605. The highest BCUT2D eigenvalue weighted by atomic mass is 32.1. The minimum Gasteiger partial charge on any atom is -0.353 e. The highest BCUT2D eigenvalue weighted by molar-refractivity contribution is 7.07. The molecular weight excluding hydrogens is 332 g/mol. The molecule has 0 aliphatic carbocycles. The molecule has 128 valence electrons. The van der Waals surface area contributed by atoms with E-state index in [-0.39, 0.29) is 24.2 Å². The summed E-state index contributed by atoms with van der Waals surface area (Å²) < 4.78 is 1.03. The summed E-state index contributed by atoms with van der Waals surface area (Å²) in [6.45, 7) is 0.122. The zero-order valence-electron chi connectivity index (χ0n) is 13.3. The van der Waals surface area contributed by atoms with E-state index in [0.717, 1.165) is 28.5 Å². The smallest absolute Gasteiger partial charge is 0.285 e. The second kappa shape index (κ2) is 7.84. The Kier molecular flexibility index (Phi) is 5.83. The third-order valence-corrected chi connectivity index (χ3v) is 4.24. The number of nitro groups is 1. The van der Waals surface area contributed by atoms with E-state index in [1.807, 2.05) is 35.8 Å². The van der Waals surface area contributed by atoms with Crippen LogP contribution in [0.15, 0.2) is 40.0 Å². The summed E-state index contributed by atoms with van der Waals surface area (Å²) in [6, 6.07) is 4.21. The molecule has 0 saturated carbocycles. The largest absolute Gasteiger partial charge is 0.353 e. The molecule has 0 aliphatic rings. The highest BCUT2D eigenvalue weighted by Gasteiger charge is 2.16. The molecule has 0 bridgehead atoms. The van der Waals surface area contributed by atoms with Gasteiger partial charge in [0.05, 0.1) is 17.2 Å². The van der Waals surface area contributed by atoms with Gasteiger partial charge in [-0.1, -0.05) is 0 Å². The predicted octanol–water partition coefficient (Wildman–Crippen LogP) is 1.24. The van der Waals surface area contributed by atoms with E-state index in [0.29, 0.717) is 6.54 Å². The quantitative estimate of drug-likeness (QED) is 0.598. The zero-order chi connectivity index (χ0) is 17.7. The number of amides is 1. The summed E-state index contributed by atoms with van der Waals surface area (Å²) >= 11 is 1.58. The van der Waals surface area contributed by atoms with Crippen LogP contribution in [0.4, 0.5) is 5.69 Å². The van der Waals surface area contributed by atoms with Gasteiger partial charge in [-0.25, -0.2) is 0 Å². The molecule has 2 rings (SSSR count). The Bertz CT molecular complexity index is 770. The van der Waals surface area contributed by atoms with E-state index in [2.05, 4.69) is 5.32 Å². The number of likely N-dealkylation sites (N-methyl/N-ethyl adjacent to an activating group) is 1. The molecule has 1 unspecified atom stereocenters. The zero-order valence-corrected chi connectivity index (χ0v) is 14.2. The van der Waals surface area contributed by atoms with Crippen LogP contribution in [0, 0.1) is 10.1 Å². The number of nitrogens with zero attached hydrogens (tertiary/aromatic N) is 3. The summed E-state index contributed by atoms with van der Waals surface area (Å²) in [6.07, 6.45) is 1.07. The number of pyridine rings is 1. The molecule has 1 N–H and O–H groups in total. The van der Waals surface area contributed by atoms with Crippen molar-refractivity contribution in [2.45, 2.75) is 12.6 Å².